The van der Waals surface area contributed by atoms with E-state index in [1.54, 1.807) is 0 Å². The van der Waals surface area contributed by atoms with Crippen LogP contribution in [0.15, 0.2) is 55.1 Å². The molecule has 0 atom stereocenters. The molecule has 1 amide bonds. The van der Waals surface area contributed by atoms with Gasteiger partial charge in [0, 0.05) is 5.69 Å². The van der Waals surface area contributed by atoms with Gasteiger partial charge in [-0.15, -0.1) is 0 Å². The van der Waals surface area contributed by atoms with Gasteiger partial charge in [-0.2, -0.15) is 13.2 Å². The summed E-state index contributed by atoms with van der Waals surface area (Å²) in [6, 6.07) is 7.94. The minimum atomic E-state index is -4.49. The standard InChI is InChI=1S/C16H12F4N2O/c1-2-15(23)22-13-7-6-11(17)9-14(13)21-12-5-3-4-10(8-12)16(18,19)20/h2-9,21H,1H2,(H,22,23). The minimum Gasteiger partial charge on any atom is -0.354 e. The van der Waals surface area contributed by atoms with Crippen molar-refractivity contribution in [1.82, 2.24) is 0 Å². The molecule has 2 N–H and O–H groups in total. The first-order chi connectivity index (χ1) is 10.8. The molecular weight excluding hydrogens is 312 g/mol. The second kappa shape index (κ2) is 6.51. The summed E-state index contributed by atoms with van der Waals surface area (Å²) in [7, 11) is 0. The molecule has 2 aromatic rings. The molecule has 3 nitrogen and oxygen atoms in total. The van der Waals surface area contributed by atoms with Crippen molar-refractivity contribution in [3.05, 3.63) is 66.5 Å². The molecule has 0 radical (unpaired) electrons. The minimum absolute atomic E-state index is 0.111. The summed E-state index contributed by atoms with van der Waals surface area (Å²) < 4.78 is 51.5. The molecule has 0 aliphatic carbocycles. The van der Waals surface area contributed by atoms with E-state index in [9.17, 15) is 22.4 Å². The Kier molecular flexibility index (Phi) is 4.68. The maximum atomic E-state index is 13.4. The Hall–Kier alpha value is -2.83. The number of carbonyl (C=O) groups is 1. The molecular formula is C16H12F4N2O. The smallest absolute Gasteiger partial charge is 0.354 e. The molecule has 2 aromatic carbocycles. The van der Waals surface area contributed by atoms with Crippen LogP contribution in [-0.4, -0.2) is 5.91 Å². The van der Waals surface area contributed by atoms with E-state index < -0.39 is 23.5 Å². The molecule has 0 saturated heterocycles. The molecule has 23 heavy (non-hydrogen) atoms. The summed E-state index contributed by atoms with van der Waals surface area (Å²) in [5.74, 6) is -1.13. The number of carbonyl (C=O) groups excluding carboxylic acids is 1. The predicted octanol–water partition coefficient (Wildman–Crippen LogP) is 4.71. The van der Waals surface area contributed by atoms with Crippen molar-refractivity contribution in [2.75, 3.05) is 10.6 Å². The van der Waals surface area contributed by atoms with Gasteiger partial charge in [0.05, 0.1) is 16.9 Å². The number of hydrogen-bond donors (Lipinski definition) is 2. The van der Waals surface area contributed by atoms with Crippen molar-refractivity contribution in [2.24, 2.45) is 0 Å². The Morgan fingerprint density at radius 3 is 2.48 bits per heavy atom. The average molecular weight is 324 g/mol. The van der Waals surface area contributed by atoms with Crippen molar-refractivity contribution in [3.63, 3.8) is 0 Å². The Balaban J connectivity index is 2.34. The van der Waals surface area contributed by atoms with Gasteiger partial charge >= 0.3 is 6.18 Å². The molecule has 2 rings (SSSR count). The fourth-order valence-electron chi connectivity index (χ4n) is 1.84. The molecule has 0 saturated carbocycles. The van der Waals surface area contributed by atoms with Crippen molar-refractivity contribution in [3.8, 4) is 0 Å². The van der Waals surface area contributed by atoms with Gasteiger partial charge in [-0.25, -0.2) is 4.39 Å². The number of amides is 1. The normalized spacial score (nSPS) is 11.0. The summed E-state index contributed by atoms with van der Waals surface area (Å²) in [6.07, 6.45) is -3.46. The van der Waals surface area contributed by atoms with Crippen LogP contribution < -0.4 is 10.6 Å². The number of rotatable bonds is 4. The SMILES string of the molecule is C=CC(=O)Nc1ccc(F)cc1Nc1cccc(C(F)(F)F)c1. The summed E-state index contributed by atoms with van der Waals surface area (Å²) in [6.45, 7) is 3.30. The third-order valence-electron chi connectivity index (χ3n) is 2.89. The molecule has 0 unspecified atom stereocenters. The molecule has 0 bridgehead atoms. The second-order valence-electron chi connectivity index (χ2n) is 4.59. The first-order valence-electron chi connectivity index (χ1n) is 6.47. The zero-order valence-corrected chi connectivity index (χ0v) is 11.7. The molecule has 120 valence electrons. The number of anilines is 3. The monoisotopic (exact) mass is 324 g/mol. The quantitative estimate of drug-likeness (QED) is 0.631. The van der Waals surface area contributed by atoms with E-state index in [1.807, 2.05) is 0 Å². The van der Waals surface area contributed by atoms with E-state index >= 15 is 0 Å². The fourth-order valence-corrected chi connectivity index (χ4v) is 1.84. The van der Waals surface area contributed by atoms with Crippen LogP contribution in [0.5, 0.6) is 0 Å². The van der Waals surface area contributed by atoms with Crippen LogP contribution in [-0.2, 0) is 11.0 Å². The number of hydrogen-bond acceptors (Lipinski definition) is 2. The Morgan fingerprint density at radius 1 is 1.09 bits per heavy atom. The van der Waals surface area contributed by atoms with E-state index in [0.717, 1.165) is 30.3 Å². The average Bonchev–Trinajstić information content (AvgIpc) is 2.49. The van der Waals surface area contributed by atoms with Gasteiger partial charge < -0.3 is 10.6 Å². The fraction of sp³-hybridized carbons (Fsp3) is 0.0625. The molecule has 0 fully saturated rings. The molecule has 0 aliphatic heterocycles. The number of benzene rings is 2. The van der Waals surface area contributed by atoms with E-state index in [2.05, 4.69) is 17.2 Å². The van der Waals surface area contributed by atoms with E-state index in [-0.39, 0.29) is 17.1 Å². The van der Waals surface area contributed by atoms with Crippen molar-refractivity contribution < 1.29 is 22.4 Å². The zero-order valence-electron chi connectivity index (χ0n) is 11.7. The summed E-state index contributed by atoms with van der Waals surface area (Å²) >= 11 is 0. The summed E-state index contributed by atoms with van der Waals surface area (Å²) in [4.78, 5) is 11.4. The third-order valence-corrected chi connectivity index (χ3v) is 2.89. The first kappa shape index (κ1) is 16.5. The lowest BCUT2D eigenvalue weighted by Gasteiger charge is -2.14. The van der Waals surface area contributed by atoms with Gasteiger partial charge in [-0.3, -0.25) is 4.79 Å². The zero-order chi connectivity index (χ0) is 17.0. The Bertz CT molecular complexity index is 741. The summed E-state index contributed by atoms with van der Waals surface area (Å²) in [5.41, 5.74) is -0.386. The molecule has 0 heterocycles. The highest BCUT2D eigenvalue weighted by molar-refractivity contribution is 6.01. The molecule has 0 aliphatic rings. The number of halogens is 4. The largest absolute Gasteiger partial charge is 0.416 e. The summed E-state index contributed by atoms with van der Waals surface area (Å²) in [5, 5.41) is 5.11. The van der Waals surface area contributed by atoms with Crippen molar-refractivity contribution >= 4 is 23.0 Å². The van der Waals surface area contributed by atoms with Gasteiger partial charge in [0.2, 0.25) is 5.91 Å². The van der Waals surface area contributed by atoms with Crippen molar-refractivity contribution in [2.45, 2.75) is 6.18 Å². The van der Waals surface area contributed by atoms with Crippen LogP contribution in [0, 0.1) is 5.82 Å². The highest BCUT2D eigenvalue weighted by Gasteiger charge is 2.30. The maximum Gasteiger partial charge on any atom is 0.416 e. The maximum absolute atomic E-state index is 13.4. The van der Waals surface area contributed by atoms with Gasteiger partial charge in [0.25, 0.3) is 0 Å². The highest BCUT2D eigenvalue weighted by Crippen LogP contribution is 2.32. The van der Waals surface area contributed by atoms with Crippen LogP contribution in [0.1, 0.15) is 5.56 Å². The number of alkyl halides is 3. The van der Waals surface area contributed by atoms with Crippen LogP contribution in [0.25, 0.3) is 0 Å². The predicted molar refractivity (Wildman–Crippen MR) is 80.0 cm³/mol. The van der Waals surface area contributed by atoms with Crippen LogP contribution in [0.3, 0.4) is 0 Å². The lowest BCUT2D eigenvalue weighted by Crippen LogP contribution is -2.10. The van der Waals surface area contributed by atoms with E-state index in [1.165, 1.54) is 18.2 Å². The Morgan fingerprint density at radius 2 is 1.83 bits per heavy atom. The molecule has 0 aromatic heterocycles. The number of nitrogens with one attached hydrogen (secondary N) is 2. The third kappa shape index (κ3) is 4.32. The van der Waals surface area contributed by atoms with E-state index in [0.29, 0.717) is 0 Å². The lowest BCUT2D eigenvalue weighted by molar-refractivity contribution is -0.137. The van der Waals surface area contributed by atoms with Gasteiger partial charge in [-0.1, -0.05) is 12.6 Å². The van der Waals surface area contributed by atoms with Crippen LogP contribution in [0.4, 0.5) is 34.6 Å². The first-order valence-corrected chi connectivity index (χ1v) is 6.47. The molecule has 7 heteroatoms. The van der Waals surface area contributed by atoms with Gasteiger partial charge in [0.15, 0.2) is 0 Å². The molecule has 0 spiro atoms. The highest BCUT2D eigenvalue weighted by atomic mass is 19.4. The van der Waals surface area contributed by atoms with Crippen LogP contribution in [0.2, 0.25) is 0 Å². The lowest BCUT2D eigenvalue weighted by atomic mass is 10.2. The van der Waals surface area contributed by atoms with Crippen LogP contribution >= 0.6 is 0 Å². The van der Waals surface area contributed by atoms with Crippen molar-refractivity contribution in [1.29, 1.82) is 0 Å². The van der Waals surface area contributed by atoms with Gasteiger partial charge in [0.1, 0.15) is 5.82 Å². The Labute approximate surface area is 129 Å². The van der Waals surface area contributed by atoms with Gasteiger partial charge in [-0.05, 0) is 42.5 Å². The topological polar surface area (TPSA) is 41.1 Å². The second-order valence-corrected chi connectivity index (χ2v) is 4.59. The van der Waals surface area contributed by atoms with E-state index in [4.69, 9.17) is 0 Å².